The first-order valence-corrected chi connectivity index (χ1v) is 6.01. The van der Waals surface area contributed by atoms with Crippen LogP contribution in [0.1, 0.15) is 5.69 Å². The molecule has 0 bridgehead atoms. The highest BCUT2D eigenvalue weighted by atomic mass is 79.9. The van der Waals surface area contributed by atoms with Crippen molar-refractivity contribution in [1.82, 2.24) is 9.55 Å². The normalized spacial score (nSPS) is 10.4. The number of aryl methyl sites for hydroxylation is 2. The van der Waals surface area contributed by atoms with Crippen LogP contribution in [-0.4, -0.2) is 9.55 Å². The van der Waals surface area contributed by atoms with Gasteiger partial charge in [0.1, 0.15) is 0 Å². The molecular formula is C12H12BrN3O. The highest BCUT2D eigenvalue weighted by Gasteiger charge is 2.03. The Balaban J connectivity index is 2.17. The first-order valence-electron chi connectivity index (χ1n) is 5.22. The standard InChI is InChI=1S/C12H12BrN3O/c13-11-7-9(14)8-16(12(11)17)6-4-10-3-1-2-5-15-10/h1-3,5,7-8H,4,6,14H2. The van der Waals surface area contributed by atoms with Gasteiger partial charge in [0.15, 0.2) is 0 Å². The van der Waals surface area contributed by atoms with Gasteiger partial charge in [-0.25, -0.2) is 0 Å². The molecule has 0 aliphatic rings. The van der Waals surface area contributed by atoms with E-state index in [2.05, 4.69) is 20.9 Å². The maximum atomic E-state index is 11.8. The molecule has 0 spiro atoms. The van der Waals surface area contributed by atoms with Crippen molar-refractivity contribution in [2.24, 2.45) is 0 Å². The molecule has 2 heterocycles. The summed E-state index contributed by atoms with van der Waals surface area (Å²) in [7, 11) is 0. The predicted octanol–water partition coefficient (Wildman–Crippen LogP) is 1.83. The molecule has 17 heavy (non-hydrogen) atoms. The van der Waals surface area contributed by atoms with E-state index in [1.165, 1.54) is 0 Å². The maximum Gasteiger partial charge on any atom is 0.264 e. The molecule has 0 radical (unpaired) electrons. The summed E-state index contributed by atoms with van der Waals surface area (Å²) >= 11 is 3.19. The van der Waals surface area contributed by atoms with E-state index < -0.39 is 0 Å². The SMILES string of the molecule is Nc1cc(Br)c(=O)n(CCc2ccccn2)c1. The van der Waals surface area contributed by atoms with Crippen LogP contribution >= 0.6 is 15.9 Å². The molecule has 0 fully saturated rings. The number of hydrogen-bond acceptors (Lipinski definition) is 3. The molecular weight excluding hydrogens is 282 g/mol. The predicted molar refractivity (Wildman–Crippen MR) is 70.8 cm³/mol. The summed E-state index contributed by atoms with van der Waals surface area (Å²) in [6.45, 7) is 0.569. The lowest BCUT2D eigenvalue weighted by molar-refractivity contribution is 0.659. The van der Waals surface area contributed by atoms with Crippen molar-refractivity contribution < 1.29 is 0 Å². The third-order valence-corrected chi connectivity index (χ3v) is 2.97. The third kappa shape index (κ3) is 2.94. The van der Waals surface area contributed by atoms with Gasteiger partial charge in [-0.05, 0) is 34.1 Å². The van der Waals surface area contributed by atoms with Crippen LogP contribution < -0.4 is 11.3 Å². The second-order valence-corrected chi connectivity index (χ2v) is 4.55. The van der Waals surface area contributed by atoms with Crippen molar-refractivity contribution >= 4 is 21.6 Å². The average Bonchev–Trinajstić information content (AvgIpc) is 2.33. The number of halogens is 1. The fraction of sp³-hybridized carbons (Fsp3) is 0.167. The summed E-state index contributed by atoms with van der Waals surface area (Å²) in [6, 6.07) is 7.35. The van der Waals surface area contributed by atoms with E-state index >= 15 is 0 Å². The Morgan fingerprint density at radius 2 is 2.24 bits per heavy atom. The summed E-state index contributed by atoms with van der Waals surface area (Å²) in [5.41, 5.74) is 7.14. The van der Waals surface area contributed by atoms with Gasteiger partial charge >= 0.3 is 0 Å². The summed E-state index contributed by atoms with van der Waals surface area (Å²) in [6.07, 6.45) is 4.10. The minimum atomic E-state index is -0.0740. The number of aromatic nitrogens is 2. The number of hydrogen-bond donors (Lipinski definition) is 1. The first-order chi connectivity index (χ1) is 8.16. The summed E-state index contributed by atoms with van der Waals surface area (Å²) < 4.78 is 2.08. The number of rotatable bonds is 3. The van der Waals surface area contributed by atoms with Gasteiger partial charge < -0.3 is 10.3 Å². The Morgan fingerprint density at radius 1 is 1.41 bits per heavy atom. The monoisotopic (exact) mass is 293 g/mol. The lowest BCUT2D eigenvalue weighted by atomic mass is 10.2. The number of pyridine rings is 2. The van der Waals surface area contributed by atoms with E-state index in [-0.39, 0.29) is 5.56 Å². The molecule has 88 valence electrons. The Hall–Kier alpha value is -1.62. The highest BCUT2D eigenvalue weighted by molar-refractivity contribution is 9.10. The molecule has 2 aromatic heterocycles. The van der Waals surface area contributed by atoms with Crippen LogP contribution in [0.5, 0.6) is 0 Å². The number of nitrogen functional groups attached to an aromatic ring is 1. The molecule has 0 aliphatic carbocycles. The highest BCUT2D eigenvalue weighted by Crippen LogP contribution is 2.08. The van der Waals surface area contributed by atoms with Gasteiger partial charge in [0.2, 0.25) is 0 Å². The molecule has 0 saturated carbocycles. The molecule has 0 unspecified atom stereocenters. The quantitative estimate of drug-likeness (QED) is 0.939. The Morgan fingerprint density at radius 3 is 2.94 bits per heavy atom. The first kappa shape index (κ1) is 11.9. The van der Waals surface area contributed by atoms with Gasteiger partial charge in [0.25, 0.3) is 5.56 Å². The van der Waals surface area contributed by atoms with Crippen molar-refractivity contribution in [3.05, 3.63) is 57.2 Å². The van der Waals surface area contributed by atoms with Crippen LogP contribution in [0, 0.1) is 0 Å². The van der Waals surface area contributed by atoms with Crippen LogP contribution in [0.3, 0.4) is 0 Å². The van der Waals surface area contributed by atoms with E-state index in [4.69, 9.17) is 5.73 Å². The van der Waals surface area contributed by atoms with Gasteiger partial charge in [-0.2, -0.15) is 0 Å². The van der Waals surface area contributed by atoms with Crippen molar-refractivity contribution in [2.75, 3.05) is 5.73 Å². The number of anilines is 1. The Kier molecular flexibility index (Phi) is 3.58. The zero-order chi connectivity index (χ0) is 12.3. The minimum absolute atomic E-state index is 0.0740. The fourth-order valence-electron chi connectivity index (χ4n) is 1.57. The molecule has 4 nitrogen and oxygen atoms in total. The van der Waals surface area contributed by atoms with Gasteiger partial charge in [-0.3, -0.25) is 9.78 Å². The molecule has 2 N–H and O–H groups in total. The molecule has 2 aromatic rings. The topological polar surface area (TPSA) is 60.9 Å². The van der Waals surface area contributed by atoms with Gasteiger partial charge in [0.05, 0.1) is 4.47 Å². The molecule has 5 heteroatoms. The average molecular weight is 294 g/mol. The molecule has 0 aromatic carbocycles. The third-order valence-electron chi connectivity index (χ3n) is 2.40. The molecule has 0 amide bonds. The van der Waals surface area contributed by atoms with E-state index in [1.54, 1.807) is 23.0 Å². The fourth-order valence-corrected chi connectivity index (χ4v) is 2.06. The van der Waals surface area contributed by atoms with Crippen LogP contribution in [-0.2, 0) is 13.0 Å². The van der Waals surface area contributed by atoms with Crippen LogP contribution in [0.25, 0.3) is 0 Å². The lowest BCUT2D eigenvalue weighted by Crippen LogP contribution is -2.21. The summed E-state index contributed by atoms with van der Waals surface area (Å²) in [4.78, 5) is 16.0. The van der Waals surface area contributed by atoms with E-state index in [0.29, 0.717) is 23.1 Å². The van der Waals surface area contributed by atoms with Gasteiger partial charge in [0, 0.05) is 36.7 Å². The lowest BCUT2D eigenvalue weighted by Gasteiger charge is -2.07. The molecule has 0 saturated heterocycles. The van der Waals surface area contributed by atoms with Crippen LogP contribution in [0.4, 0.5) is 5.69 Å². The molecule has 0 atom stereocenters. The van der Waals surface area contributed by atoms with E-state index in [9.17, 15) is 4.79 Å². The molecule has 2 rings (SSSR count). The largest absolute Gasteiger partial charge is 0.398 e. The molecule has 0 aliphatic heterocycles. The number of nitrogens with two attached hydrogens (primary N) is 1. The summed E-state index contributed by atoms with van der Waals surface area (Å²) in [5, 5.41) is 0. The van der Waals surface area contributed by atoms with E-state index in [0.717, 1.165) is 5.69 Å². The zero-order valence-corrected chi connectivity index (χ0v) is 10.7. The minimum Gasteiger partial charge on any atom is -0.398 e. The van der Waals surface area contributed by atoms with Gasteiger partial charge in [-0.15, -0.1) is 0 Å². The zero-order valence-electron chi connectivity index (χ0n) is 9.14. The van der Waals surface area contributed by atoms with Crippen molar-refractivity contribution in [3.63, 3.8) is 0 Å². The van der Waals surface area contributed by atoms with Crippen molar-refractivity contribution in [3.8, 4) is 0 Å². The van der Waals surface area contributed by atoms with Crippen molar-refractivity contribution in [1.29, 1.82) is 0 Å². The van der Waals surface area contributed by atoms with Gasteiger partial charge in [-0.1, -0.05) is 6.07 Å². The Bertz CT molecular complexity index is 566. The maximum absolute atomic E-state index is 11.8. The second kappa shape index (κ2) is 5.14. The van der Waals surface area contributed by atoms with E-state index in [1.807, 2.05) is 18.2 Å². The summed E-state index contributed by atoms with van der Waals surface area (Å²) in [5.74, 6) is 0. The van der Waals surface area contributed by atoms with Crippen LogP contribution in [0.2, 0.25) is 0 Å². The second-order valence-electron chi connectivity index (χ2n) is 3.69. The number of nitrogens with zero attached hydrogens (tertiary/aromatic N) is 2. The smallest absolute Gasteiger partial charge is 0.264 e. The van der Waals surface area contributed by atoms with Crippen LogP contribution in [0.15, 0.2) is 45.9 Å². The Labute approximate surface area is 107 Å². The van der Waals surface area contributed by atoms with Crippen molar-refractivity contribution in [2.45, 2.75) is 13.0 Å².